The Balaban J connectivity index is 1.27. The van der Waals surface area contributed by atoms with E-state index >= 15 is 0 Å². The van der Waals surface area contributed by atoms with E-state index in [0.29, 0.717) is 11.9 Å². The third-order valence-corrected chi connectivity index (χ3v) is 7.00. The second-order valence-corrected chi connectivity index (χ2v) is 9.29. The predicted molar refractivity (Wildman–Crippen MR) is 149 cm³/mol. The number of nitrogens with zero attached hydrogens (tertiary/aromatic N) is 5. The van der Waals surface area contributed by atoms with Crippen LogP contribution in [0.1, 0.15) is 35.3 Å². The number of anilines is 2. The van der Waals surface area contributed by atoms with Crippen molar-refractivity contribution < 1.29 is 0 Å². The summed E-state index contributed by atoms with van der Waals surface area (Å²) in [6, 6.07) is 37.6. The number of aromatic nitrogens is 2. The van der Waals surface area contributed by atoms with Crippen molar-refractivity contribution in [1.82, 2.24) is 9.55 Å². The van der Waals surface area contributed by atoms with Gasteiger partial charge in [0.2, 0.25) is 5.95 Å². The van der Waals surface area contributed by atoms with Gasteiger partial charge >= 0.3 is 0 Å². The van der Waals surface area contributed by atoms with Gasteiger partial charge in [-0.3, -0.25) is 14.9 Å². The average molecular weight is 484 g/mol. The molecule has 0 fully saturated rings. The molecule has 4 aromatic carbocycles. The molecule has 7 nitrogen and oxygen atoms in total. The molecule has 0 spiro atoms. The molecule has 180 valence electrons. The number of aliphatic imine (C=N–C) groups is 1. The number of nitrogens with two attached hydrogens (primary N) is 1. The van der Waals surface area contributed by atoms with Gasteiger partial charge in [-0.1, -0.05) is 84.9 Å². The van der Waals surface area contributed by atoms with Crippen molar-refractivity contribution in [3.05, 3.63) is 126 Å². The van der Waals surface area contributed by atoms with Gasteiger partial charge in [0.05, 0.1) is 28.5 Å². The predicted octanol–water partition coefficient (Wildman–Crippen LogP) is 5.68. The second kappa shape index (κ2) is 8.64. The fourth-order valence-corrected chi connectivity index (χ4v) is 5.23. The number of benzene rings is 4. The van der Waals surface area contributed by atoms with Crippen LogP contribution in [0, 0.1) is 0 Å². The van der Waals surface area contributed by atoms with E-state index < -0.39 is 0 Å². The van der Waals surface area contributed by atoms with Crippen molar-refractivity contribution in [3.63, 3.8) is 0 Å². The van der Waals surface area contributed by atoms with Crippen LogP contribution in [0.2, 0.25) is 0 Å². The summed E-state index contributed by atoms with van der Waals surface area (Å²) in [4.78, 5) is 9.43. The number of para-hydroxylation sites is 2. The van der Waals surface area contributed by atoms with Crippen LogP contribution >= 0.6 is 0 Å². The van der Waals surface area contributed by atoms with Crippen LogP contribution in [0.25, 0.3) is 11.0 Å². The maximum Gasteiger partial charge on any atom is 0.212 e. The van der Waals surface area contributed by atoms with Gasteiger partial charge < -0.3 is 5.73 Å². The Morgan fingerprint density at radius 1 is 0.757 bits per heavy atom. The van der Waals surface area contributed by atoms with Crippen LogP contribution in [-0.2, 0) is 0 Å². The van der Waals surface area contributed by atoms with Crippen molar-refractivity contribution in [2.75, 3.05) is 10.3 Å². The normalized spacial score (nSPS) is 18.8. The first kappa shape index (κ1) is 21.4. The molecule has 0 amide bonds. The summed E-state index contributed by atoms with van der Waals surface area (Å²) in [6.45, 7) is 0. The molecule has 0 radical (unpaired) electrons. The third kappa shape index (κ3) is 3.72. The molecular weight excluding hydrogens is 458 g/mol. The molecule has 2 aliphatic rings. The highest BCUT2D eigenvalue weighted by atomic mass is 15.5. The van der Waals surface area contributed by atoms with Crippen LogP contribution in [0.4, 0.5) is 11.6 Å². The fraction of sp³-hybridized carbons (Fsp3) is 0.100. The first-order chi connectivity index (χ1) is 18.2. The van der Waals surface area contributed by atoms with E-state index in [-0.39, 0.29) is 12.2 Å². The molecule has 1 aromatic heterocycles. The monoisotopic (exact) mass is 483 g/mol. The number of fused-ring (bicyclic) bond motifs is 3. The van der Waals surface area contributed by atoms with Gasteiger partial charge in [-0.2, -0.15) is 5.10 Å². The maximum atomic E-state index is 6.14. The first-order valence-electron chi connectivity index (χ1n) is 12.4. The smallest absolute Gasteiger partial charge is 0.212 e. The van der Waals surface area contributed by atoms with E-state index in [1.807, 2.05) is 24.3 Å². The molecule has 0 aliphatic carbocycles. The summed E-state index contributed by atoms with van der Waals surface area (Å²) < 4.78 is 2.09. The Kier molecular flexibility index (Phi) is 4.99. The number of rotatable bonds is 4. The van der Waals surface area contributed by atoms with Gasteiger partial charge in [-0.15, -0.1) is 0 Å². The fourth-order valence-electron chi connectivity index (χ4n) is 5.23. The van der Waals surface area contributed by atoms with Crippen molar-refractivity contribution in [2.45, 2.75) is 18.6 Å². The lowest BCUT2D eigenvalue weighted by molar-refractivity contribution is 0.625. The number of nitrogens with one attached hydrogen (secondary N) is 1. The Hall–Kier alpha value is -4.91. The molecular formula is C30H25N7. The van der Waals surface area contributed by atoms with Crippen LogP contribution in [0.15, 0.2) is 119 Å². The maximum absolute atomic E-state index is 6.14. The quantitative estimate of drug-likeness (QED) is 0.345. The van der Waals surface area contributed by atoms with Crippen molar-refractivity contribution in [1.29, 1.82) is 0 Å². The average Bonchev–Trinajstić information content (AvgIpc) is 3.56. The summed E-state index contributed by atoms with van der Waals surface area (Å²) in [5, 5.41) is 10.3. The van der Waals surface area contributed by atoms with Gasteiger partial charge in [-0.25, -0.2) is 9.98 Å². The number of hydrogen-bond acceptors (Lipinski definition) is 6. The van der Waals surface area contributed by atoms with Crippen molar-refractivity contribution in [2.24, 2.45) is 15.8 Å². The largest absolute Gasteiger partial charge is 0.370 e. The zero-order valence-corrected chi connectivity index (χ0v) is 20.1. The molecule has 0 unspecified atom stereocenters. The standard InChI is InChI=1S/C30H25N7/c31-29-33-28(36-26-14-8-7-13-24(26)32-30(36)34-29)22-15-17-23(18-16-22)37-27(21-11-5-2-6-12-21)19-25(35-37)20-9-3-1-4-10-20/h1-18,27-28H,19H2,(H3,31,32,33,34)/t27-,28-/m1/s1. The van der Waals surface area contributed by atoms with Crippen molar-refractivity contribution >= 4 is 34.3 Å². The minimum atomic E-state index is -0.301. The molecule has 37 heavy (non-hydrogen) atoms. The summed E-state index contributed by atoms with van der Waals surface area (Å²) >= 11 is 0. The summed E-state index contributed by atoms with van der Waals surface area (Å²) in [6.07, 6.45) is 0.541. The lowest BCUT2D eigenvalue weighted by Crippen LogP contribution is -2.31. The Morgan fingerprint density at radius 2 is 1.46 bits per heavy atom. The van der Waals surface area contributed by atoms with E-state index in [1.54, 1.807) is 0 Å². The molecule has 3 heterocycles. The number of hydrogen-bond donors (Lipinski definition) is 2. The summed E-state index contributed by atoms with van der Waals surface area (Å²) in [5.74, 6) is 1.06. The summed E-state index contributed by atoms with van der Waals surface area (Å²) in [5.41, 5.74) is 13.6. The Morgan fingerprint density at radius 3 is 2.24 bits per heavy atom. The lowest BCUT2D eigenvalue weighted by atomic mass is 9.98. The van der Waals surface area contributed by atoms with Crippen LogP contribution < -0.4 is 16.1 Å². The number of imidazole rings is 1. The summed E-state index contributed by atoms with van der Waals surface area (Å²) in [7, 11) is 0. The minimum Gasteiger partial charge on any atom is -0.370 e. The van der Waals surface area contributed by atoms with Gasteiger partial charge in [0.1, 0.15) is 0 Å². The Bertz CT molecular complexity index is 1640. The minimum absolute atomic E-state index is 0.124. The first-order valence-corrected chi connectivity index (χ1v) is 12.4. The lowest BCUT2D eigenvalue weighted by Gasteiger charge is -2.26. The number of guanidine groups is 1. The zero-order chi connectivity index (χ0) is 24.8. The van der Waals surface area contributed by atoms with E-state index in [4.69, 9.17) is 20.8 Å². The SMILES string of the molecule is NC1=N[C@@H](c2ccc(N3N=C(c4ccccc4)C[C@@H]3c3ccccc3)cc2)n2c(nc3ccccc32)N1. The third-order valence-electron chi connectivity index (χ3n) is 7.00. The molecule has 0 saturated carbocycles. The van der Waals surface area contributed by atoms with E-state index in [1.165, 1.54) is 5.56 Å². The van der Waals surface area contributed by atoms with Crippen LogP contribution in [0.5, 0.6) is 0 Å². The molecule has 2 aliphatic heterocycles. The molecule has 7 rings (SSSR count). The second-order valence-electron chi connectivity index (χ2n) is 9.29. The van der Waals surface area contributed by atoms with E-state index in [9.17, 15) is 0 Å². The van der Waals surface area contributed by atoms with Crippen LogP contribution in [-0.4, -0.2) is 21.2 Å². The van der Waals surface area contributed by atoms with Crippen molar-refractivity contribution in [3.8, 4) is 0 Å². The van der Waals surface area contributed by atoms with Gasteiger partial charge in [0, 0.05) is 6.42 Å². The zero-order valence-electron chi connectivity index (χ0n) is 20.1. The number of hydrazone groups is 1. The molecule has 7 heteroatoms. The van der Waals surface area contributed by atoms with Gasteiger partial charge in [0.15, 0.2) is 12.1 Å². The van der Waals surface area contributed by atoms with E-state index in [0.717, 1.165) is 40.0 Å². The van der Waals surface area contributed by atoms with Crippen LogP contribution in [0.3, 0.4) is 0 Å². The van der Waals surface area contributed by atoms with Gasteiger partial charge in [0.25, 0.3) is 0 Å². The molecule has 5 aromatic rings. The Labute approximate surface area is 214 Å². The molecule has 0 saturated heterocycles. The highest BCUT2D eigenvalue weighted by Gasteiger charge is 2.30. The molecule has 2 atom stereocenters. The van der Waals surface area contributed by atoms with E-state index in [2.05, 4.69) is 99.8 Å². The molecule has 3 N–H and O–H groups in total. The highest BCUT2D eigenvalue weighted by Crippen LogP contribution is 2.38. The highest BCUT2D eigenvalue weighted by molar-refractivity contribution is 6.03. The van der Waals surface area contributed by atoms with Gasteiger partial charge in [-0.05, 0) is 41.0 Å². The molecule has 0 bridgehead atoms. The topological polar surface area (TPSA) is 83.8 Å².